The predicted molar refractivity (Wildman–Crippen MR) is 95.6 cm³/mol. The molecule has 1 aliphatic carbocycles. The van der Waals surface area contributed by atoms with Crippen LogP contribution in [0.3, 0.4) is 0 Å². The number of ether oxygens (including phenoxy) is 1. The Hall–Kier alpha value is -1.48. The summed E-state index contributed by atoms with van der Waals surface area (Å²) in [6.45, 7) is 7.08. The van der Waals surface area contributed by atoms with E-state index in [0.29, 0.717) is 37.8 Å². The lowest BCUT2D eigenvalue weighted by atomic mass is 9.68. The molecule has 24 heavy (non-hydrogen) atoms. The molecule has 0 N–H and O–H groups in total. The Morgan fingerprint density at radius 1 is 1.25 bits per heavy atom. The fraction of sp³-hybridized carbons (Fsp3) is 0.619. The number of ketones is 2. The molecule has 1 fully saturated rings. The maximum atomic E-state index is 12.9. The van der Waals surface area contributed by atoms with Crippen molar-refractivity contribution < 1.29 is 14.3 Å². The van der Waals surface area contributed by atoms with E-state index in [-0.39, 0.29) is 23.5 Å². The maximum absolute atomic E-state index is 12.9. The van der Waals surface area contributed by atoms with E-state index >= 15 is 0 Å². The van der Waals surface area contributed by atoms with Crippen LogP contribution in [0.25, 0.3) is 0 Å². The van der Waals surface area contributed by atoms with Crippen LogP contribution in [0.4, 0.5) is 0 Å². The lowest BCUT2D eigenvalue weighted by molar-refractivity contribution is -0.134. The molecular formula is C21H30O3. The summed E-state index contributed by atoms with van der Waals surface area (Å²) in [5.41, 5.74) is 1.16. The second-order valence-corrected chi connectivity index (χ2v) is 7.39. The molecule has 0 heterocycles. The third-order valence-corrected chi connectivity index (χ3v) is 5.34. The van der Waals surface area contributed by atoms with Crippen molar-refractivity contribution in [2.24, 2.45) is 23.7 Å². The van der Waals surface area contributed by atoms with Crippen LogP contribution >= 0.6 is 0 Å². The van der Waals surface area contributed by atoms with E-state index in [1.807, 2.05) is 18.2 Å². The van der Waals surface area contributed by atoms with Crippen molar-refractivity contribution >= 4 is 11.6 Å². The first-order valence-corrected chi connectivity index (χ1v) is 9.14. The zero-order chi connectivity index (χ0) is 17.5. The summed E-state index contributed by atoms with van der Waals surface area (Å²) in [5, 5.41) is 0. The highest BCUT2D eigenvalue weighted by molar-refractivity contribution is 5.85. The van der Waals surface area contributed by atoms with Crippen LogP contribution in [0.5, 0.6) is 0 Å². The highest BCUT2D eigenvalue weighted by atomic mass is 16.5. The van der Waals surface area contributed by atoms with Crippen molar-refractivity contribution in [3.05, 3.63) is 35.9 Å². The monoisotopic (exact) mass is 330 g/mol. The molecule has 1 saturated carbocycles. The molecule has 4 atom stereocenters. The van der Waals surface area contributed by atoms with E-state index in [2.05, 4.69) is 26.0 Å². The molecule has 0 aromatic heterocycles. The SMILES string of the molecule is CC(=O)CC[C@@H]1C(=O)[C@H](C(C)COCc2ccccc2)CC[C@H]1C. The quantitative estimate of drug-likeness (QED) is 0.708. The third kappa shape index (κ3) is 5.27. The molecule has 1 unspecified atom stereocenters. The van der Waals surface area contributed by atoms with Crippen LogP contribution in [-0.4, -0.2) is 18.2 Å². The van der Waals surface area contributed by atoms with Gasteiger partial charge >= 0.3 is 0 Å². The van der Waals surface area contributed by atoms with Crippen LogP contribution < -0.4 is 0 Å². The largest absolute Gasteiger partial charge is 0.376 e. The average molecular weight is 330 g/mol. The van der Waals surface area contributed by atoms with Crippen LogP contribution in [0.1, 0.15) is 52.0 Å². The second kappa shape index (κ2) is 9.12. The molecule has 132 valence electrons. The highest BCUT2D eigenvalue weighted by Crippen LogP contribution is 2.37. The molecule has 3 nitrogen and oxygen atoms in total. The molecule has 1 aromatic carbocycles. The van der Waals surface area contributed by atoms with E-state index in [1.54, 1.807) is 6.92 Å². The predicted octanol–water partition coefficient (Wildman–Crippen LogP) is 4.44. The smallest absolute Gasteiger partial charge is 0.139 e. The molecular weight excluding hydrogens is 300 g/mol. The topological polar surface area (TPSA) is 43.4 Å². The van der Waals surface area contributed by atoms with Gasteiger partial charge < -0.3 is 9.53 Å². The van der Waals surface area contributed by atoms with Gasteiger partial charge in [0.15, 0.2) is 0 Å². The lowest BCUT2D eigenvalue weighted by Crippen LogP contribution is -2.38. The minimum Gasteiger partial charge on any atom is -0.376 e. The first-order chi connectivity index (χ1) is 11.5. The van der Waals surface area contributed by atoms with Crippen molar-refractivity contribution in [3.8, 4) is 0 Å². The van der Waals surface area contributed by atoms with Gasteiger partial charge in [0.05, 0.1) is 13.2 Å². The van der Waals surface area contributed by atoms with Gasteiger partial charge in [-0.25, -0.2) is 0 Å². The van der Waals surface area contributed by atoms with Crippen LogP contribution in [0.15, 0.2) is 30.3 Å². The zero-order valence-electron chi connectivity index (χ0n) is 15.2. The van der Waals surface area contributed by atoms with Gasteiger partial charge in [-0.3, -0.25) is 4.79 Å². The number of carbonyl (C=O) groups is 2. The molecule has 1 aliphatic rings. The molecule has 2 rings (SSSR count). The van der Waals surface area contributed by atoms with Gasteiger partial charge in [-0.1, -0.05) is 44.2 Å². The third-order valence-electron chi connectivity index (χ3n) is 5.34. The van der Waals surface area contributed by atoms with Crippen molar-refractivity contribution in [2.75, 3.05) is 6.61 Å². The molecule has 1 aromatic rings. The minimum absolute atomic E-state index is 0.0456. The summed E-state index contributed by atoms with van der Waals surface area (Å²) < 4.78 is 5.84. The Morgan fingerprint density at radius 2 is 1.96 bits per heavy atom. The summed E-state index contributed by atoms with van der Waals surface area (Å²) in [5.74, 6) is 1.28. The molecule has 0 bridgehead atoms. The van der Waals surface area contributed by atoms with E-state index in [1.165, 1.54) is 0 Å². The number of rotatable bonds is 8. The van der Waals surface area contributed by atoms with E-state index in [4.69, 9.17) is 4.74 Å². The Bertz CT molecular complexity index is 537. The van der Waals surface area contributed by atoms with Crippen LogP contribution in [0.2, 0.25) is 0 Å². The first kappa shape index (κ1) is 18.9. The normalized spacial score (nSPS) is 25.5. The minimum atomic E-state index is 0.0456. The molecule has 0 saturated heterocycles. The summed E-state index contributed by atoms with van der Waals surface area (Å²) >= 11 is 0. The number of benzene rings is 1. The lowest BCUT2D eigenvalue weighted by Gasteiger charge is -2.35. The molecule has 0 aliphatic heterocycles. The van der Waals surface area contributed by atoms with Gasteiger partial charge in [0, 0.05) is 18.3 Å². The molecule has 3 heteroatoms. The Morgan fingerprint density at radius 3 is 2.62 bits per heavy atom. The fourth-order valence-electron chi connectivity index (χ4n) is 3.74. The fourth-order valence-corrected chi connectivity index (χ4v) is 3.74. The van der Waals surface area contributed by atoms with Gasteiger partial charge in [0.25, 0.3) is 0 Å². The Balaban J connectivity index is 1.85. The summed E-state index contributed by atoms with van der Waals surface area (Å²) in [6.07, 6.45) is 3.25. The van der Waals surface area contributed by atoms with Gasteiger partial charge in [-0.05, 0) is 43.6 Å². The van der Waals surface area contributed by atoms with Crippen molar-refractivity contribution in [3.63, 3.8) is 0 Å². The standard InChI is InChI=1S/C21H30O3/c1-15-9-11-20(21(23)19(15)12-10-17(3)22)16(2)13-24-14-18-7-5-4-6-8-18/h4-8,15-16,19-20H,9-14H2,1-3H3/t15-,16?,19+,20+/m1/s1. The molecule has 0 spiro atoms. The molecule has 0 radical (unpaired) electrons. The summed E-state index contributed by atoms with van der Waals surface area (Å²) in [4.78, 5) is 24.1. The number of Topliss-reactive ketones (excluding diaryl/α,β-unsaturated/α-hetero) is 2. The summed E-state index contributed by atoms with van der Waals surface area (Å²) in [6, 6.07) is 10.1. The number of hydrogen-bond donors (Lipinski definition) is 0. The zero-order valence-corrected chi connectivity index (χ0v) is 15.2. The maximum Gasteiger partial charge on any atom is 0.139 e. The van der Waals surface area contributed by atoms with Gasteiger partial charge in [0.2, 0.25) is 0 Å². The van der Waals surface area contributed by atoms with Gasteiger partial charge in [-0.2, -0.15) is 0 Å². The van der Waals surface area contributed by atoms with E-state index < -0.39 is 0 Å². The second-order valence-electron chi connectivity index (χ2n) is 7.39. The Kier molecular flexibility index (Phi) is 7.16. The van der Waals surface area contributed by atoms with Crippen LogP contribution in [0, 0.1) is 23.7 Å². The van der Waals surface area contributed by atoms with Gasteiger partial charge in [0.1, 0.15) is 11.6 Å². The first-order valence-electron chi connectivity index (χ1n) is 9.14. The van der Waals surface area contributed by atoms with Crippen molar-refractivity contribution in [1.82, 2.24) is 0 Å². The van der Waals surface area contributed by atoms with Crippen molar-refractivity contribution in [1.29, 1.82) is 0 Å². The van der Waals surface area contributed by atoms with E-state index in [9.17, 15) is 9.59 Å². The Labute approximate surface area is 145 Å². The molecule has 0 amide bonds. The number of carbonyl (C=O) groups excluding carboxylic acids is 2. The van der Waals surface area contributed by atoms with E-state index in [0.717, 1.165) is 18.4 Å². The van der Waals surface area contributed by atoms with Gasteiger partial charge in [-0.15, -0.1) is 0 Å². The van der Waals surface area contributed by atoms with Crippen molar-refractivity contribution in [2.45, 2.75) is 53.1 Å². The number of hydrogen-bond acceptors (Lipinski definition) is 3. The highest BCUT2D eigenvalue weighted by Gasteiger charge is 2.38. The average Bonchev–Trinajstić information content (AvgIpc) is 2.55. The summed E-state index contributed by atoms with van der Waals surface area (Å²) in [7, 11) is 0. The van der Waals surface area contributed by atoms with Crippen LogP contribution in [-0.2, 0) is 20.9 Å².